The van der Waals surface area contributed by atoms with Crippen LogP contribution in [0, 0.1) is 0 Å². The van der Waals surface area contributed by atoms with Crippen LogP contribution in [-0.4, -0.2) is 55.2 Å². The molecular weight excluding hydrogens is 206 g/mol. The van der Waals surface area contributed by atoms with E-state index in [0.29, 0.717) is 6.54 Å². The number of primary amides is 1. The number of ether oxygens (including phenoxy) is 1. The molecule has 0 aromatic carbocycles. The Morgan fingerprint density at radius 1 is 1.50 bits per heavy atom. The highest BCUT2D eigenvalue weighted by Gasteiger charge is 2.34. The first kappa shape index (κ1) is 13.4. The van der Waals surface area contributed by atoms with E-state index < -0.39 is 5.54 Å². The Kier molecular flexibility index (Phi) is 4.29. The molecule has 1 heterocycles. The average molecular weight is 229 g/mol. The summed E-state index contributed by atoms with van der Waals surface area (Å²) in [6.45, 7) is 8.23. The molecule has 3 atom stereocenters. The summed E-state index contributed by atoms with van der Waals surface area (Å²) >= 11 is 0. The van der Waals surface area contributed by atoms with Gasteiger partial charge in [-0.1, -0.05) is 0 Å². The molecule has 1 unspecified atom stereocenters. The van der Waals surface area contributed by atoms with E-state index in [1.165, 1.54) is 0 Å². The van der Waals surface area contributed by atoms with Gasteiger partial charge in [-0.15, -0.1) is 0 Å². The van der Waals surface area contributed by atoms with Crippen LogP contribution in [0.2, 0.25) is 0 Å². The van der Waals surface area contributed by atoms with Gasteiger partial charge >= 0.3 is 0 Å². The van der Waals surface area contributed by atoms with Crippen molar-refractivity contribution in [2.75, 3.05) is 26.7 Å². The van der Waals surface area contributed by atoms with Crippen LogP contribution < -0.4 is 11.1 Å². The van der Waals surface area contributed by atoms with Crippen molar-refractivity contribution in [1.29, 1.82) is 0 Å². The topological polar surface area (TPSA) is 67.6 Å². The summed E-state index contributed by atoms with van der Waals surface area (Å²) < 4.78 is 5.65. The molecule has 1 saturated heterocycles. The molecule has 1 amide bonds. The maximum atomic E-state index is 11.4. The third-order valence-corrected chi connectivity index (χ3v) is 3.13. The van der Waals surface area contributed by atoms with Crippen molar-refractivity contribution in [3.8, 4) is 0 Å². The first-order valence-electron chi connectivity index (χ1n) is 5.74. The van der Waals surface area contributed by atoms with E-state index in [9.17, 15) is 4.79 Å². The third-order valence-electron chi connectivity index (χ3n) is 3.13. The Labute approximate surface area is 97.3 Å². The quantitative estimate of drug-likeness (QED) is 0.686. The fraction of sp³-hybridized carbons (Fsp3) is 0.909. The first-order valence-corrected chi connectivity index (χ1v) is 5.74. The van der Waals surface area contributed by atoms with Gasteiger partial charge in [-0.2, -0.15) is 0 Å². The lowest BCUT2D eigenvalue weighted by atomic mass is 10.0. The molecule has 16 heavy (non-hydrogen) atoms. The van der Waals surface area contributed by atoms with Gasteiger partial charge in [-0.3, -0.25) is 9.69 Å². The van der Waals surface area contributed by atoms with Crippen LogP contribution in [0.3, 0.4) is 0 Å². The summed E-state index contributed by atoms with van der Waals surface area (Å²) in [5.74, 6) is -0.318. The molecule has 1 fully saturated rings. The zero-order chi connectivity index (χ0) is 12.3. The van der Waals surface area contributed by atoms with Crippen molar-refractivity contribution < 1.29 is 9.53 Å². The number of rotatable bonds is 4. The van der Waals surface area contributed by atoms with Gasteiger partial charge in [0.05, 0.1) is 12.2 Å². The fourth-order valence-electron chi connectivity index (χ4n) is 2.14. The Morgan fingerprint density at radius 3 is 2.38 bits per heavy atom. The number of nitrogens with one attached hydrogen (secondary N) is 1. The van der Waals surface area contributed by atoms with Gasteiger partial charge in [-0.05, 0) is 27.8 Å². The number of nitrogens with zero attached hydrogens (tertiary/aromatic N) is 1. The second kappa shape index (κ2) is 5.12. The molecule has 3 N–H and O–H groups in total. The van der Waals surface area contributed by atoms with Crippen molar-refractivity contribution >= 4 is 5.91 Å². The predicted molar refractivity (Wildman–Crippen MR) is 63.1 cm³/mol. The molecule has 5 heteroatoms. The van der Waals surface area contributed by atoms with Gasteiger partial charge in [-0.25, -0.2) is 0 Å². The van der Waals surface area contributed by atoms with Gasteiger partial charge in [0.15, 0.2) is 0 Å². The predicted octanol–water partition coefficient (Wildman–Crippen LogP) is -0.441. The van der Waals surface area contributed by atoms with Crippen molar-refractivity contribution in [2.24, 2.45) is 5.73 Å². The van der Waals surface area contributed by atoms with Gasteiger partial charge in [0.2, 0.25) is 5.91 Å². The second-order valence-corrected chi connectivity index (χ2v) is 4.90. The summed E-state index contributed by atoms with van der Waals surface area (Å²) in [6.07, 6.45) is 0.412. The van der Waals surface area contributed by atoms with Crippen molar-refractivity contribution in [2.45, 2.75) is 38.5 Å². The average Bonchev–Trinajstić information content (AvgIpc) is 2.15. The van der Waals surface area contributed by atoms with Crippen LogP contribution in [0.5, 0.6) is 0 Å². The van der Waals surface area contributed by atoms with E-state index in [1.54, 1.807) is 7.05 Å². The molecule has 0 saturated carbocycles. The number of hydrogen-bond acceptors (Lipinski definition) is 4. The third kappa shape index (κ3) is 3.17. The van der Waals surface area contributed by atoms with E-state index in [4.69, 9.17) is 10.5 Å². The molecule has 0 aromatic heterocycles. The molecule has 0 aromatic rings. The maximum absolute atomic E-state index is 11.4. The molecule has 1 rings (SSSR count). The maximum Gasteiger partial charge on any atom is 0.238 e. The highest BCUT2D eigenvalue weighted by atomic mass is 16.5. The van der Waals surface area contributed by atoms with Crippen molar-refractivity contribution in [3.63, 3.8) is 0 Å². The molecule has 0 bridgehead atoms. The van der Waals surface area contributed by atoms with Crippen LogP contribution >= 0.6 is 0 Å². The monoisotopic (exact) mass is 229 g/mol. The minimum atomic E-state index is -0.670. The number of carbonyl (C=O) groups is 1. The van der Waals surface area contributed by atoms with Crippen molar-refractivity contribution in [1.82, 2.24) is 10.2 Å². The van der Waals surface area contributed by atoms with Gasteiger partial charge in [0.25, 0.3) is 0 Å². The number of carbonyl (C=O) groups excluding carboxylic acids is 1. The number of hydrogen-bond donors (Lipinski definition) is 2. The second-order valence-electron chi connectivity index (χ2n) is 4.90. The largest absolute Gasteiger partial charge is 0.373 e. The number of likely N-dealkylation sites (N-methyl/N-ethyl adjacent to an activating group) is 1. The van der Waals surface area contributed by atoms with E-state index in [2.05, 4.69) is 10.2 Å². The van der Waals surface area contributed by atoms with Crippen molar-refractivity contribution in [3.05, 3.63) is 0 Å². The smallest absolute Gasteiger partial charge is 0.238 e. The van der Waals surface area contributed by atoms with Gasteiger partial charge in [0.1, 0.15) is 5.54 Å². The van der Waals surface area contributed by atoms with E-state index in [1.807, 2.05) is 20.8 Å². The van der Waals surface area contributed by atoms with Gasteiger partial charge < -0.3 is 15.8 Å². The normalized spacial score (nSPS) is 31.0. The minimum absolute atomic E-state index is 0.206. The number of nitrogens with two attached hydrogens (primary N) is 1. The highest BCUT2D eigenvalue weighted by molar-refractivity contribution is 5.84. The van der Waals surface area contributed by atoms with Crippen LogP contribution in [-0.2, 0) is 9.53 Å². The molecule has 1 aliphatic heterocycles. The molecule has 94 valence electrons. The fourth-order valence-corrected chi connectivity index (χ4v) is 2.14. The first-order chi connectivity index (χ1) is 7.37. The van der Waals surface area contributed by atoms with Crippen LogP contribution in [0.1, 0.15) is 20.8 Å². The zero-order valence-corrected chi connectivity index (χ0v) is 10.6. The molecule has 5 nitrogen and oxygen atoms in total. The van der Waals surface area contributed by atoms with Crippen LogP contribution in [0.25, 0.3) is 0 Å². The molecular formula is C11H23N3O2. The minimum Gasteiger partial charge on any atom is -0.373 e. The van der Waals surface area contributed by atoms with Crippen LogP contribution in [0.4, 0.5) is 0 Å². The van der Waals surface area contributed by atoms with E-state index in [-0.39, 0.29) is 18.1 Å². The summed E-state index contributed by atoms with van der Waals surface area (Å²) in [6, 6.07) is 0. The standard InChI is InChI=1S/C11H23N3O2/c1-8-5-14(6-9(2)16-8)7-11(3,13-4)10(12)15/h8-9,13H,5-7H2,1-4H3,(H2,12,15)/t8-,9+,11?. The Balaban J connectivity index is 2.61. The Morgan fingerprint density at radius 2 is 2.00 bits per heavy atom. The zero-order valence-electron chi connectivity index (χ0n) is 10.6. The summed E-state index contributed by atoms with van der Waals surface area (Å²) in [7, 11) is 1.76. The highest BCUT2D eigenvalue weighted by Crippen LogP contribution is 2.14. The Bertz CT molecular complexity index is 250. The molecule has 1 aliphatic rings. The summed E-state index contributed by atoms with van der Waals surface area (Å²) in [5.41, 5.74) is 4.74. The molecule has 0 aliphatic carbocycles. The van der Waals surface area contributed by atoms with E-state index in [0.717, 1.165) is 13.1 Å². The number of amides is 1. The summed E-state index contributed by atoms with van der Waals surface area (Å²) in [4.78, 5) is 13.6. The summed E-state index contributed by atoms with van der Waals surface area (Å²) in [5, 5.41) is 3.00. The molecule has 0 spiro atoms. The van der Waals surface area contributed by atoms with E-state index >= 15 is 0 Å². The lowest BCUT2D eigenvalue weighted by molar-refractivity contribution is -0.126. The Hall–Kier alpha value is -0.650. The SMILES string of the molecule is CNC(C)(CN1C[C@@H](C)O[C@@H](C)C1)C(N)=O. The number of morpholine rings is 1. The molecule has 0 radical (unpaired) electrons. The lowest BCUT2D eigenvalue weighted by Crippen LogP contribution is -2.61. The van der Waals surface area contributed by atoms with Gasteiger partial charge in [0, 0.05) is 19.6 Å². The lowest BCUT2D eigenvalue weighted by Gasteiger charge is -2.39. The van der Waals surface area contributed by atoms with Crippen LogP contribution in [0.15, 0.2) is 0 Å².